The first kappa shape index (κ1) is 18.5. The number of nitrogens with zero attached hydrogens (tertiary/aromatic N) is 6. The Bertz CT molecular complexity index is 1120. The number of aryl methyl sites for hydroxylation is 1. The van der Waals surface area contributed by atoms with Crippen molar-refractivity contribution in [3.63, 3.8) is 0 Å². The Morgan fingerprint density at radius 3 is 2.82 bits per heavy atom. The lowest BCUT2D eigenvalue weighted by atomic mass is 10.2. The van der Waals surface area contributed by atoms with Crippen molar-refractivity contribution in [3.05, 3.63) is 65.0 Å². The summed E-state index contributed by atoms with van der Waals surface area (Å²) in [5.41, 5.74) is 3.18. The molecule has 0 aliphatic rings. The van der Waals surface area contributed by atoms with Gasteiger partial charge in [0, 0.05) is 30.6 Å². The van der Waals surface area contributed by atoms with Gasteiger partial charge < -0.3 is 9.84 Å². The summed E-state index contributed by atoms with van der Waals surface area (Å²) in [5.74, 6) is 0.729. The Morgan fingerprint density at radius 1 is 1.25 bits per heavy atom. The Morgan fingerprint density at radius 2 is 2.11 bits per heavy atom. The minimum Gasteiger partial charge on any atom is -0.363 e. The lowest BCUT2D eigenvalue weighted by molar-refractivity contribution is -0.0996. The van der Waals surface area contributed by atoms with Crippen LogP contribution in [0.4, 0.5) is 0 Å². The molecule has 28 heavy (non-hydrogen) atoms. The predicted molar refractivity (Wildman–Crippen MR) is 104 cm³/mol. The molecule has 0 amide bonds. The van der Waals surface area contributed by atoms with Crippen LogP contribution in [0.3, 0.4) is 0 Å². The number of fused-ring (bicyclic) bond motifs is 1. The molecule has 0 aromatic carbocycles. The molecule has 4 rings (SSSR count). The maximum atomic E-state index is 10.1. The summed E-state index contributed by atoms with van der Waals surface area (Å²) >= 11 is 5.94. The highest BCUT2D eigenvalue weighted by Gasteiger charge is 2.15. The first-order chi connectivity index (χ1) is 13.5. The van der Waals surface area contributed by atoms with E-state index in [4.69, 9.17) is 16.3 Å². The topological polar surface area (TPSA) is 90.9 Å². The molecule has 4 heterocycles. The summed E-state index contributed by atoms with van der Waals surface area (Å²) in [6.45, 7) is 4.73. The molecule has 1 atom stereocenters. The Labute approximate surface area is 166 Å². The van der Waals surface area contributed by atoms with Crippen LogP contribution in [-0.2, 0) is 11.3 Å². The minimum atomic E-state index is -1.07. The molecule has 0 aliphatic heterocycles. The van der Waals surface area contributed by atoms with Crippen molar-refractivity contribution < 1.29 is 9.84 Å². The van der Waals surface area contributed by atoms with Crippen LogP contribution >= 0.6 is 11.6 Å². The van der Waals surface area contributed by atoms with Crippen LogP contribution in [0, 0.1) is 6.92 Å². The van der Waals surface area contributed by atoms with Crippen LogP contribution in [0.1, 0.15) is 30.0 Å². The van der Waals surface area contributed by atoms with Crippen LogP contribution < -0.4 is 0 Å². The Kier molecular flexibility index (Phi) is 5.08. The number of rotatable bonds is 6. The average Bonchev–Trinajstić information content (AvgIpc) is 3.27. The highest BCUT2D eigenvalue weighted by molar-refractivity contribution is 6.30. The molecule has 0 spiro atoms. The largest absolute Gasteiger partial charge is 0.363 e. The fourth-order valence-corrected chi connectivity index (χ4v) is 3.22. The van der Waals surface area contributed by atoms with Crippen molar-refractivity contribution in [2.75, 3.05) is 6.61 Å². The number of halogens is 1. The number of aromatic nitrogens is 6. The fraction of sp³-hybridized carbons (Fsp3) is 0.263. The average molecular weight is 399 g/mol. The summed E-state index contributed by atoms with van der Waals surface area (Å²) in [7, 11) is 0. The summed E-state index contributed by atoms with van der Waals surface area (Å²) in [6.07, 6.45) is 7.49. The van der Waals surface area contributed by atoms with Crippen LogP contribution in [0.15, 0.2) is 43.1 Å². The molecule has 144 valence electrons. The van der Waals surface area contributed by atoms with Gasteiger partial charge in [-0.05, 0) is 37.1 Å². The third-order valence-corrected chi connectivity index (χ3v) is 4.49. The van der Waals surface area contributed by atoms with Gasteiger partial charge in [-0.3, -0.25) is 9.67 Å². The van der Waals surface area contributed by atoms with Gasteiger partial charge in [-0.2, -0.15) is 10.2 Å². The monoisotopic (exact) mass is 398 g/mol. The van der Waals surface area contributed by atoms with Crippen LogP contribution in [0.25, 0.3) is 16.7 Å². The van der Waals surface area contributed by atoms with Crippen LogP contribution in [0.5, 0.6) is 0 Å². The van der Waals surface area contributed by atoms with Crippen molar-refractivity contribution in [1.82, 2.24) is 29.5 Å². The van der Waals surface area contributed by atoms with Gasteiger partial charge in [0.2, 0.25) is 0 Å². The lowest BCUT2D eigenvalue weighted by Crippen LogP contribution is -2.05. The SMILES string of the molecule is CCOC(O)c1nccc2nn(Cc3cnc(-n4cc(Cl)cn4)c(C)c3)cc12. The third kappa shape index (κ3) is 3.62. The first-order valence-corrected chi connectivity index (χ1v) is 9.20. The maximum absolute atomic E-state index is 10.1. The number of hydrogen-bond acceptors (Lipinski definition) is 6. The molecule has 0 aliphatic carbocycles. The Balaban J connectivity index is 1.61. The first-order valence-electron chi connectivity index (χ1n) is 8.83. The van der Waals surface area contributed by atoms with E-state index in [9.17, 15) is 5.11 Å². The summed E-state index contributed by atoms with van der Waals surface area (Å²) in [4.78, 5) is 8.76. The zero-order valence-electron chi connectivity index (χ0n) is 15.4. The van der Waals surface area contributed by atoms with E-state index in [1.807, 2.05) is 32.2 Å². The van der Waals surface area contributed by atoms with Gasteiger partial charge in [0.15, 0.2) is 12.1 Å². The van der Waals surface area contributed by atoms with Crippen molar-refractivity contribution >= 4 is 22.5 Å². The molecule has 4 aromatic heterocycles. The van der Waals surface area contributed by atoms with Gasteiger partial charge in [-0.1, -0.05) is 11.6 Å². The molecule has 0 saturated heterocycles. The van der Waals surface area contributed by atoms with E-state index in [1.165, 1.54) is 0 Å². The van der Waals surface area contributed by atoms with Gasteiger partial charge in [0.05, 0.1) is 29.5 Å². The zero-order valence-corrected chi connectivity index (χ0v) is 16.2. The van der Waals surface area contributed by atoms with Gasteiger partial charge in [0.25, 0.3) is 0 Å². The van der Waals surface area contributed by atoms with E-state index in [0.29, 0.717) is 23.9 Å². The second-order valence-electron chi connectivity index (χ2n) is 6.35. The highest BCUT2D eigenvalue weighted by Crippen LogP contribution is 2.23. The molecule has 0 fully saturated rings. The third-order valence-electron chi connectivity index (χ3n) is 4.29. The molecular formula is C19H19ClN6O2. The number of aliphatic hydroxyl groups is 1. The summed E-state index contributed by atoms with van der Waals surface area (Å²) in [5, 5.41) is 20.2. The van der Waals surface area contributed by atoms with Gasteiger partial charge in [0.1, 0.15) is 5.69 Å². The van der Waals surface area contributed by atoms with E-state index in [1.54, 1.807) is 34.2 Å². The second-order valence-corrected chi connectivity index (χ2v) is 6.79. The van der Waals surface area contributed by atoms with E-state index in [-0.39, 0.29) is 0 Å². The normalized spacial score (nSPS) is 12.6. The number of hydrogen-bond donors (Lipinski definition) is 1. The molecule has 4 aromatic rings. The Hall–Kier alpha value is -2.81. The lowest BCUT2D eigenvalue weighted by Gasteiger charge is -2.09. The quantitative estimate of drug-likeness (QED) is 0.502. The van der Waals surface area contributed by atoms with Gasteiger partial charge in [-0.15, -0.1) is 0 Å². The second kappa shape index (κ2) is 7.67. The smallest absolute Gasteiger partial charge is 0.199 e. The maximum Gasteiger partial charge on any atom is 0.199 e. The minimum absolute atomic E-state index is 0.395. The standard InChI is InChI=1S/C19H19ClN6O2/c1-3-28-19(27)17-15-11-25(24-16(15)4-5-21-17)9-13-6-12(2)18(22-7-13)26-10-14(20)8-23-26/h4-8,10-11,19,27H,3,9H2,1-2H3. The molecular weight excluding hydrogens is 380 g/mol. The molecule has 0 saturated carbocycles. The molecule has 0 radical (unpaired) electrons. The van der Waals surface area contributed by atoms with Crippen molar-refractivity contribution in [2.45, 2.75) is 26.7 Å². The summed E-state index contributed by atoms with van der Waals surface area (Å²) < 4.78 is 8.72. The van der Waals surface area contributed by atoms with E-state index in [2.05, 4.69) is 20.2 Å². The summed E-state index contributed by atoms with van der Waals surface area (Å²) in [6, 6.07) is 3.85. The molecule has 1 N–H and O–H groups in total. The molecule has 1 unspecified atom stereocenters. The number of aliphatic hydroxyl groups excluding tert-OH is 1. The molecule has 9 heteroatoms. The van der Waals surface area contributed by atoms with E-state index >= 15 is 0 Å². The van der Waals surface area contributed by atoms with E-state index in [0.717, 1.165) is 27.8 Å². The van der Waals surface area contributed by atoms with E-state index < -0.39 is 6.29 Å². The van der Waals surface area contributed by atoms with Crippen molar-refractivity contribution in [1.29, 1.82) is 0 Å². The predicted octanol–water partition coefficient (Wildman–Crippen LogP) is 3.05. The number of ether oxygens (including phenoxy) is 1. The highest BCUT2D eigenvalue weighted by atomic mass is 35.5. The van der Waals surface area contributed by atoms with Crippen LogP contribution in [0.2, 0.25) is 5.02 Å². The van der Waals surface area contributed by atoms with Gasteiger partial charge >= 0.3 is 0 Å². The fourth-order valence-electron chi connectivity index (χ4n) is 3.08. The molecule has 0 bridgehead atoms. The zero-order chi connectivity index (χ0) is 19.7. The molecule has 8 nitrogen and oxygen atoms in total. The van der Waals surface area contributed by atoms with Crippen molar-refractivity contribution in [3.8, 4) is 5.82 Å². The van der Waals surface area contributed by atoms with Crippen LogP contribution in [-0.4, -0.2) is 41.2 Å². The number of pyridine rings is 2. The van der Waals surface area contributed by atoms with Gasteiger partial charge in [-0.25, -0.2) is 9.67 Å². The van der Waals surface area contributed by atoms with Crippen molar-refractivity contribution in [2.24, 2.45) is 0 Å².